The lowest BCUT2D eigenvalue weighted by molar-refractivity contribution is 0.414. The van der Waals surface area contributed by atoms with Gasteiger partial charge in [-0.25, -0.2) is 0 Å². The molecule has 0 unspecified atom stereocenters. The molecule has 0 aliphatic carbocycles. The molecular weight excluding hydrogens is 328 g/mol. The minimum atomic E-state index is 0.759. The molecule has 0 aromatic heterocycles. The van der Waals surface area contributed by atoms with E-state index in [4.69, 9.17) is 16.3 Å². The topological polar surface area (TPSA) is 9.23 Å². The third kappa shape index (κ3) is 4.74. The average molecular weight is 349 g/mol. The van der Waals surface area contributed by atoms with E-state index in [0.717, 1.165) is 23.6 Å². The zero-order valence-corrected chi connectivity index (χ0v) is 15.0. The Balaban J connectivity index is 1.81. The zero-order valence-electron chi connectivity index (χ0n) is 14.3. The molecule has 0 fully saturated rings. The molecule has 0 atom stereocenters. The summed E-state index contributed by atoms with van der Waals surface area (Å²) in [5, 5.41) is 0.759. The summed E-state index contributed by atoms with van der Waals surface area (Å²) in [5.74, 6) is 0.894. The van der Waals surface area contributed by atoms with E-state index in [1.54, 1.807) is 7.11 Å². The first-order valence-corrected chi connectivity index (χ1v) is 8.78. The second kappa shape index (κ2) is 8.55. The molecule has 0 radical (unpaired) electrons. The van der Waals surface area contributed by atoms with E-state index >= 15 is 0 Å². The Hall–Kier alpha value is -2.51. The predicted octanol–water partition coefficient (Wildman–Crippen LogP) is 6.41. The van der Waals surface area contributed by atoms with E-state index < -0.39 is 0 Å². The van der Waals surface area contributed by atoms with Crippen LogP contribution >= 0.6 is 11.6 Å². The Morgan fingerprint density at radius 3 is 2.12 bits per heavy atom. The van der Waals surface area contributed by atoms with E-state index in [2.05, 4.69) is 54.6 Å². The molecule has 25 heavy (non-hydrogen) atoms. The van der Waals surface area contributed by atoms with E-state index in [-0.39, 0.29) is 0 Å². The lowest BCUT2D eigenvalue weighted by Gasteiger charge is -2.09. The number of halogens is 1. The predicted molar refractivity (Wildman–Crippen MR) is 106 cm³/mol. The van der Waals surface area contributed by atoms with Crippen LogP contribution in [0, 0.1) is 0 Å². The van der Waals surface area contributed by atoms with Gasteiger partial charge < -0.3 is 4.74 Å². The number of methoxy groups -OCH3 is 1. The van der Waals surface area contributed by atoms with Gasteiger partial charge in [-0.1, -0.05) is 72.3 Å². The normalized spacial score (nSPS) is 11.4. The minimum Gasteiger partial charge on any atom is -0.497 e. The van der Waals surface area contributed by atoms with Gasteiger partial charge in [-0.2, -0.15) is 0 Å². The third-order valence-corrected chi connectivity index (χ3v) is 4.43. The van der Waals surface area contributed by atoms with E-state index in [1.165, 1.54) is 22.3 Å². The largest absolute Gasteiger partial charge is 0.497 e. The lowest BCUT2D eigenvalue weighted by atomic mass is 9.96. The second-order valence-corrected chi connectivity index (χ2v) is 6.31. The van der Waals surface area contributed by atoms with Gasteiger partial charge in [0.1, 0.15) is 5.75 Å². The third-order valence-electron chi connectivity index (χ3n) is 4.18. The van der Waals surface area contributed by atoms with Gasteiger partial charge in [-0.3, -0.25) is 0 Å². The number of benzene rings is 3. The van der Waals surface area contributed by atoms with Crippen LogP contribution in [0.1, 0.15) is 23.1 Å². The first-order chi connectivity index (χ1) is 12.3. The van der Waals surface area contributed by atoms with Crippen molar-refractivity contribution in [2.45, 2.75) is 12.8 Å². The minimum absolute atomic E-state index is 0.759. The first-order valence-electron chi connectivity index (χ1n) is 8.41. The van der Waals surface area contributed by atoms with Crippen molar-refractivity contribution in [1.29, 1.82) is 0 Å². The Kier molecular flexibility index (Phi) is 5.92. The maximum atomic E-state index is 6.04. The smallest absolute Gasteiger partial charge is 0.118 e. The molecule has 0 aliphatic heterocycles. The molecule has 0 amide bonds. The quantitative estimate of drug-likeness (QED) is 0.500. The number of ether oxygens (including phenoxy) is 1. The molecule has 3 aromatic carbocycles. The van der Waals surface area contributed by atoms with Gasteiger partial charge in [0.15, 0.2) is 0 Å². The summed E-state index contributed by atoms with van der Waals surface area (Å²) in [7, 11) is 1.69. The van der Waals surface area contributed by atoms with Crippen LogP contribution in [0.4, 0.5) is 0 Å². The maximum Gasteiger partial charge on any atom is 0.118 e. The van der Waals surface area contributed by atoms with Crippen LogP contribution in [-0.4, -0.2) is 7.11 Å². The summed E-state index contributed by atoms with van der Waals surface area (Å²) in [4.78, 5) is 0. The summed E-state index contributed by atoms with van der Waals surface area (Å²) in [6, 6.07) is 26.8. The Labute approximate surface area is 154 Å². The van der Waals surface area contributed by atoms with Crippen LogP contribution in [0.5, 0.6) is 5.75 Å². The summed E-state index contributed by atoms with van der Waals surface area (Å²) >= 11 is 6.04. The van der Waals surface area contributed by atoms with Gasteiger partial charge in [-0.05, 0) is 59.4 Å². The van der Waals surface area contributed by atoms with Gasteiger partial charge in [0.2, 0.25) is 0 Å². The standard InChI is InChI=1S/C23H21ClO/c1-25-22-16-10-18(11-17-22)6-5-9-23(19-7-3-2-4-8-19)20-12-14-21(24)15-13-20/h2-4,7-17H,5-6H2,1H3/b23-9-. The monoisotopic (exact) mass is 348 g/mol. The SMILES string of the molecule is COc1ccc(CC/C=C(/c2ccccc2)c2ccc(Cl)cc2)cc1. The molecule has 0 heterocycles. The fourth-order valence-electron chi connectivity index (χ4n) is 2.82. The highest BCUT2D eigenvalue weighted by Gasteiger charge is 2.05. The van der Waals surface area contributed by atoms with Crippen molar-refractivity contribution in [3.63, 3.8) is 0 Å². The van der Waals surface area contributed by atoms with Crippen molar-refractivity contribution in [2.24, 2.45) is 0 Å². The maximum absolute atomic E-state index is 6.04. The van der Waals surface area contributed by atoms with Crippen LogP contribution in [0.25, 0.3) is 5.57 Å². The highest BCUT2D eigenvalue weighted by Crippen LogP contribution is 2.25. The number of hydrogen-bond acceptors (Lipinski definition) is 1. The molecule has 0 saturated carbocycles. The molecule has 2 heteroatoms. The summed E-state index contributed by atoms with van der Waals surface area (Å²) in [6.45, 7) is 0. The molecule has 0 spiro atoms. The Morgan fingerprint density at radius 1 is 0.840 bits per heavy atom. The second-order valence-electron chi connectivity index (χ2n) is 5.88. The van der Waals surface area contributed by atoms with E-state index in [0.29, 0.717) is 0 Å². The molecule has 0 N–H and O–H groups in total. The highest BCUT2D eigenvalue weighted by atomic mass is 35.5. The summed E-state index contributed by atoms with van der Waals surface area (Å²) in [5.41, 5.74) is 4.95. The number of aryl methyl sites for hydroxylation is 1. The van der Waals surface area contributed by atoms with Crippen molar-refractivity contribution in [3.05, 3.63) is 107 Å². The van der Waals surface area contributed by atoms with Crippen LogP contribution in [-0.2, 0) is 6.42 Å². The fraction of sp³-hybridized carbons (Fsp3) is 0.130. The fourth-order valence-corrected chi connectivity index (χ4v) is 2.95. The molecule has 126 valence electrons. The van der Waals surface area contributed by atoms with Gasteiger partial charge in [0, 0.05) is 5.02 Å². The lowest BCUT2D eigenvalue weighted by Crippen LogP contribution is -1.90. The van der Waals surface area contributed by atoms with Crippen LogP contribution < -0.4 is 4.74 Å². The van der Waals surface area contributed by atoms with E-state index in [9.17, 15) is 0 Å². The van der Waals surface area contributed by atoms with Gasteiger partial charge in [0.25, 0.3) is 0 Å². The molecule has 0 saturated heterocycles. The number of rotatable bonds is 6. The zero-order chi connectivity index (χ0) is 17.5. The number of allylic oxidation sites excluding steroid dienone is 1. The molecular formula is C23H21ClO. The molecule has 3 aromatic rings. The van der Waals surface area contributed by atoms with Crippen molar-refractivity contribution in [2.75, 3.05) is 7.11 Å². The van der Waals surface area contributed by atoms with Crippen LogP contribution in [0.2, 0.25) is 5.02 Å². The molecule has 0 aliphatic rings. The van der Waals surface area contributed by atoms with Gasteiger partial charge in [0.05, 0.1) is 7.11 Å². The Bertz CT molecular complexity index is 818. The molecule has 1 nitrogen and oxygen atoms in total. The highest BCUT2D eigenvalue weighted by molar-refractivity contribution is 6.30. The van der Waals surface area contributed by atoms with Crippen LogP contribution in [0.3, 0.4) is 0 Å². The van der Waals surface area contributed by atoms with Crippen molar-refractivity contribution in [1.82, 2.24) is 0 Å². The molecule has 3 rings (SSSR count). The Morgan fingerprint density at radius 2 is 1.48 bits per heavy atom. The summed E-state index contributed by atoms with van der Waals surface area (Å²) < 4.78 is 5.21. The van der Waals surface area contributed by atoms with Crippen molar-refractivity contribution >= 4 is 17.2 Å². The molecule has 0 bridgehead atoms. The van der Waals surface area contributed by atoms with Crippen LogP contribution in [0.15, 0.2) is 84.9 Å². The number of hydrogen-bond donors (Lipinski definition) is 0. The van der Waals surface area contributed by atoms with Crippen molar-refractivity contribution < 1.29 is 4.74 Å². The average Bonchev–Trinajstić information content (AvgIpc) is 2.67. The van der Waals surface area contributed by atoms with Gasteiger partial charge >= 0.3 is 0 Å². The van der Waals surface area contributed by atoms with E-state index in [1.807, 2.05) is 30.3 Å². The first kappa shape index (κ1) is 17.3. The van der Waals surface area contributed by atoms with Gasteiger partial charge in [-0.15, -0.1) is 0 Å². The van der Waals surface area contributed by atoms with Crippen molar-refractivity contribution in [3.8, 4) is 5.75 Å². The summed E-state index contributed by atoms with van der Waals surface area (Å²) in [6.07, 6.45) is 4.27.